The van der Waals surface area contributed by atoms with Gasteiger partial charge in [0.15, 0.2) is 0 Å². The molecule has 3 rings (SSSR count). The summed E-state index contributed by atoms with van der Waals surface area (Å²) in [6, 6.07) is 0. The van der Waals surface area contributed by atoms with Gasteiger partial charge >= 0.3 is 12.1 Å². The number of aryl methyl sites for hydroxylation is 1. The van der Waals surface area contributed by atoms with Gasteiger partial charge in [0.2, 0.25) is 5.91 Å². The Morgan fingerprint density at radius 2 is 2.07 bits per heavy atom. The Kier molecular flexibility index (Phi) is 7.08. The van der Waals surface area contributed by atoms with Crippen molar-refractivity contribution in [2.24, 2.45) is 5.92 Å². The maximum Gasteiger partial charge on any atom is 0.490 e. The summed E-state index contributed by atoms with van der Waals surface area (Å²) in [7, 11) is 0. The number of alkyl halides is 3. The Morgan fingerprint density at radius 3 is 2.63 bits per heavy atom. The minimum Gasteiger partial charge on any atom is -0.475 e. The van der Waals surface area contributed by atoms with Crippen LogP contribution in [0.15, 0.2) is 12.4 Å². The highest BCUT2D eigenvalue weighted by molar-refractivity contribution is 5.81. The van der Waals surface area contributed by atoms with E-state index in [9.17, 15) is 18.0 Å². The highest BCUT2D eigenvalue weighted by atomic mass is 19.4. The molecule has 2 aliphatic rings. The first-order valence-corrected chi connectivity index (χ1v) is 8.38. The fourth-order valence-corrected chi connectivity index (χ4v) is 2.83. The van der Waals surface area contributed by atoms with Crippen LogP contribution in [0.2, 0.25) is 0 Å². The summed E-state index contributed by atoms with van der Waals surface area (Å²) in [5.41, 5.74) is 1.64. The van der Waals surface area contributed by atoms with Gasteiger partial charge in [-0.1, -0.05) is 0 Å². The van der Waals surface area contributed by atoms with Gasteiger partial charge in [-0.05, 0) is 32.2 Å². The molecule has 8 nitrogen and oxygen atoms in total. The number of halogens is 3. The SMILES string of the molecule is Cc1cnc(CNC(=O)[C@H]2C[C@@H]3CCNC[C@H]3O2)cn1.O=C(O)C(F)(F)F. The molecule has 0 radical (unpaired) electrons. The summed E-state index contributed by atoms with van der Waals surface area (Å²) in [5.74, 6) is -2.28. The van der Waals surface area contributed by atoms with E-state index < -0.39 is 12.1 Å². The molecular weight excluding hydrogens is 369 g/mol. The lowest BCUT2D eigenvalue weighted by molar-refractivity contribution is -0.192. The summed E-state index contributed by atoms with van der Waals surface area (Å²) in [6.45, 7) is 4.17. The van der Waals surface area contributed by atoms with Gasteiger partial charge in [-0.2, -0.15) is 13.2 Å². The van der Waals surface area contributed by atoms with E-state index in [0.717, 1.165) is 37.3 Å². The summed E-state index contributed by atoms with van der Waals surface area (Å²) in [5, 5.41) is 13.3. The maximum atomic E-state index is 12.1. The molecule has 0 bridgehead atoms. The minimum atomic E-state index is -5.08. The van der Waals surface area contributed by atoms with Crippen LogP contribution < -0.4 is 10.6 Å². The molecule has 1 aromatic rings. The second kappa shape index (κ2) is 9.09. The third-order valence-corrected chi connectivity index (χ3v) is 4.23. The van der Waals surface area contributed by atoms with Crippen molar-refractivity contribution >= 4 is 11.9 Å². The quantitative estimate of drug-likeness (QED) is 0.700. The zero-order valence-corrected chi connectivity index (χ0v) is 14.6. The molecule has 3 heterocycles. The number of fused-ring (bicyclic) bond motifs is 1. The predicted molar refractivity (Wildman–Crippen MR) is 86.6 cm³/mol. The lowest BCUT2D eigenvalue weighted by Crippen LogP contribution is -2.39. The molecule has 11 heteroatoms. The first-order valence-electron chi connectivity index (χ1n) is 8.38. The van der Waals surface area contributed by atoms with Gasteiger partial charge < -0.3 is 20.5 Å². The van der Waals surface area contributed by atoms with Crippen LogP contribution in [0.5, 0.6) is 0 Å². The number of carbonyl (C=O) groups excluding carboxylic acids is 1. The van der Waals surface area contributed by atoms with E-state index in [2.05, 4.69) is 20.6 Å². The Bertz CT molecular complexity index is 640. The fourth-order valence-electron chi connectivity index (χ4n) is 2.83. The van der Waals surface area contributed by atoms with E-state index in [4.69, 9.17) is 14.6 Å². The number of amides is 1. The van der Waals surface area contributed by atoms with E-state index in [-0.39, 0.29) is 18.1 Å². The topological polar surface area (TPSA) is 113 Å². The van der Waals surface area contributed by atoms with Crippen molar-refractivity contribution < 1.29 is 32.6 Å². The fraction of sp³-hybridized carbons (Fsp3) is 0.625. The first kappa shape index (κ1) is 21.0. The molecule has 1 amide bonds. The number of aromatic nitrogens is 2. The number of carbonyl (C=O) groups is 2. The Morgan fingerprint density at radius 1 is 1.37 bits per heavy atom. The molecule has 3 atom stereocenters. The number of carboxylic acids is 1. The van der Waals surface area contributed by atoms with E-state index in [1.807, 2.05) is 6.92 Å². The number of nitrogens with zero attached hydrogens (tertiary/aromatic N) is 2. The number of aliphatic carboxylic acids is 1. The normalized spacial score (nSPS) is 24.4. The maximum absolute atomic E-state index is 12.1. The molecule has 0 spiro atoms. The average Bonchev–Trinajstić information content (AvgIpc) is 3.05. The molecule has 0 unspecified atom stereocenters. The number of piperidine rings is 1. The molecule has 0 aliphatic carbocycles. The molecule has 2 saturated heterocycles. The van der Waals surface area contributed by atoms with E-state index >= 15 is 0 Å². The smallest absolute Gasteiger partial charge is 0.475 e. The number of carboxylic acid groups (broad SMARTS) is 1. The van der Waals surface area contributed by atoms with Crippen LogP contribution in [0, 0.1) is 12.8 Å². The summed E-state index contributed by atoms with van der Waals surface area (Å²) < 4.78 is 37.6. The Labute approximate surface area is 153 Å². The molecule has 3 N–H and O–H groups in total. The highest BCUT2D eigenvalue weighted by Gasteiger charge is 2.40. The van der Waals surface area contributed by atoms with Crippen molar-refractivity contribution in [1.29, 1.82) is 0 Å². The summed E-state index contributed by atoms with van der Waals surface area (Å²) >= 11 is 0. The highest BCUT2D eigenvalue weighted by Crippen LogP contribution is 2.30. The zero-order valence-electron chi connectivity index (χ0n) is 14.6. The van der Waals surface area contributed by atoms with Crippen LogP contribution in [0.1, 0.15) is 24.2 Å². The lowest BCUT2D eigenvalue weighted by Gasteiger charge is -2.24. The van der Waals surface area contributed by atoms with Gasteiger partial charge in [-0.25, -0.2) is 4.79 Å². The molecule has 1 aromatic heterocycles. The van der Waals surface area contributed by atoms with Crippen molar-refractivity contribution in [3.05, 3.63) is 23.8 Å². The summed E-state index contributed by atoms with van der Waals surface area (Å²) in [6.07, 6.45) is 0.111. The minimum absolute atomic E-state index is 0.0400. The van der Waals surface area contributed by atoms with Gasteiger partial charge in [0, 0.05) is 12.7 Å². The van der Waals surface area contributed by atoms with E-state index in [0.29, 0.717) is 12.5 Å². The summed E-state index contributed by atoms with van der Waals surface area (Å²) in [4.78, 5) is 29.4. The number of hydrogen-bond donors (Lipinski definition) is 3. The van der Waals surface area contributed by atoms with Crippen molar-refractivity contribution in [1.82, 2.24) is 20.6 Å². The van der Waals surface area contributed by atoms with Crippen molar-refractivity contribution in [3.8, 4) is 0 Å². The molecule has 2 aliphatic heterocycles. The van der Waals surface area contributed by atoms with Gasteiger partial charge in [0.05, 0.1) is 30.2 Å². The van der Waals surface area contributed by atoms with Gasteiger partial charge in [-0.15, -0.1) is 0 Å². The first-order chi connectivity index (χ1) is 12.7. The van der Waals surface area contributed by atoms with E-state index in [1.54, 1.807) is 12.4 Å². The second-order valence-corrected chi connectivity index (χ2v) is 6.32. The van der Waals surface area contributed by atoms with Crippen molar-refractivity contribution in [2.45, 2.75) is 44.7 Å². The van der Waals surface area contributed by atoms with E-state index in [1.165, 1.54) is 0 Å². The lowest BCUT2D eigenvalue weighted by atomic mass is 9.93. The molecule has 27 heavy (non-hydrogen) atoms. The van der Waals surface area contributed by atoms with Crippen LogP contribution >= 0.6 is 0 Å². The van der Waals surface area contributed by atoms with Crippen molar-refractivity contribution in [2.75, 3.05) is 13.1 Å². The van der Waals surface area contributed by atoms with Crippen LogP contribution in [0.4, 0.5) is 13.2 Å². The standard InChI is InChI=1S/C14H20N4O2.C2HF3O2/c1-9-5-17-11(6-16-9)7-18-14(19)12-4-10-2-3-15-8-13(10)20-12;3-2(4,5)1(6)7/h5-6,10,12-13,15H,2-4,7-8H2,1H3,(H,18,19);(H,6,7)/t10-,12+,13+;/m0./s1. The monoisotopic (exact) mass is 390 g/mol. The predicted octanol–water partition coefficient (Wildman–Crippen LogP) is 0.802. The zero-order chi connectivity index (χ0) is 20.0. The van der Waals surface area contributed by atoms with Crippen LogP contribution in [-0.2, 0) is 20.9 Å². The van der Waals surface area contributed by atoms with Crippen LogP contribution in [-0.4, -0.2) is 58.4 Å². The average molecular weight is 390 g/mol. The molecular formula is C16H21F3N4O4. The second-order valence-electron chi connectivity index (χ2n) is 6.32. The molecule has 0 saturated carbocycles. The number of rotatable bonds is 3. The number of ether oxygens (including phenoxy) is 1. The Hall–Kier alpha value is -2.27. The van der Waals surface area contributed by atoms with Crippen LogP contribution in [0.25, 0.3) is 0 Å². The van der Waals surface area contributed by atoms with Crippen LogP contribution in [0.3, 0.4) is 0 Å². The third kappa shape index (κ3) is 6.43. The number of nitrogens with one attached hydrogen (secondary N) is 2. The van der Waals surface area contributed by atoms with Gasteiger partial charge in [0.1, 0.15) is 6.10 Å². The third-order valence-electron chi connectivity index (χ3n) is 4.23. The number of hydrogen-bond acceptors (Lipinski definition) is 6. The molecule has 150 valence electrons. The van der Waals surface area contributed by atoms with Gasteiger partial charge in [-0.3, -0.25) is 14.8 Å². The van der Waals surface area contributed by atoms with Gasteiger partial charge in [0.25, 0.3) is 0 Å². The molecule has 0 aromatic carbocycles. The largest absolute Gasteiger partial charge is 0.490 e. The molecule has 2 fully saturated rings. The Balaban J connectivity index is 0.000000321. The van der Waals surface area contributed by atoms with Crippen molar-refractivity contribution in [3.63, 3.8) is 0 Å².